The maximum absolute atomic E-state index is 11.4. The maximum atomic E-state index is 11.4. The number of nitrogens with two attached hydrogens (primary N) is 1. The van der Waals surface area contributed by atoms with Crippen molar-refractivity contribution in [2.24, 2.45) is 34.8 Å². The van der Waals surface area contributed by atoms with Gasteiger partial charge in [0.2, 0.25) is 5.91 Å². The van der Waals surface area contributed by atoms with Crippen LogP contribution in [0.5, 0.6) is 0 Å². The molecule has 0 saturated heterocycles. The Bertz CT molecular complexity index is 352. The number of fused-ring (bicyclic) bond motifs is 5. The van der Waals surface area contributed by atoms with Gasteiger partial charge in [-0.3, -0.25) is 4.79 Å². The quantitative estimate of drug-likeness (QED) is 0.801. The molecule has 3 aliphatic rings. The van der Waals surface area contributed by atoms with E-state index in [1.54, 1.807) is 0 Å². The largest absolute Gasteiger partial charge is 0.369 e. The van der Waals surface area contributed by atoms with Gasteiger partial charge >= 0.3 is 0 Å². The first-order chi connectivity index (χ1) is 8.49. The van der Waals surface area contributed by atoms with Crippen molar-refractivity contribution in [3.05, 3.63) is 0 Å². The van der Waals surface area contributed by atoms with Gasteiger partial charge in [0.25, 0.3) is 0 Å². The van der Waals surface area contributed by atoms with Gasteiger partial charge in [-0.25, -0.2) is 0 Å². The third kappa shape index (κ3) is 1.87. The second kappa shape index (κ2) is 4.22. The molecule has 3 aliphatic carbocycles. The predicted molar refractivity (Wildman–Crippen MR) is 71.8 cm³/mol. The highest BCUT2D eigenvalue weighted by molar-refractivity contribution is 5.80. The summed E-state index contributed by atoms with van der Waals surface area (Å²) in [7, 11) is 0. The maximum Gasteiger partial charge on any atom is 0.224 e. The van der Waals surface area contributed by atoms with E-state index in [0.29, 0.717) is 6.04 Å². The molecular weight excluding hydrogens is 224 g/mol. The summed E-state index contributed by atoms with van der Waals surface area (Å²) in [5.41, 5.74) is 5.02. The molecule has 3 fully saturated rings. The van der Waals surface area contributed by atoms with E-state index in [1.807, 2.05) is 13.8 Å². The van der Waals surface area contributed by atoms with E-state index < -0.39 is 5.41 Å². The minimum absolute atomic E-state index is 0.197. The molecule has 5 unspecified atom stereocenters. The minimum Gasteiger partial charge on any atom is -0.369 e. The van der Waals surface area contributed by atoms with Gasteiger partial charge in [-0.05, 0) is 63.2 Å². The van der Waals surface area contributed by atoms with Crippen LogP contribution in [0.2, 0.25) is 0 Å². The van der Waals surface area contributed by atoms with E-state index in [2.05, 4.69) is 5.32 Å². The third-order valence-electron chi connectivity index (χ3n) is 5.90. The second-order valence-corrected chi connectivity index (χ2v) is 7.39. The lowest BCUT2D eigenvalue weighted by Gasteiger charge is -2.34. The molecule has 1 amide bonds. The van der Waals surface area contributed by atoms with Crippen molar-refractivity contribution in [2.45, 2.75) is 52.0 Å². The van der Waals surface area contributed by atoms with Crippen LogP contribution in [0.25, 0.3) is 0 Å². The number of hydrogen-bond donors (Lipinski definition) is 2. The number of rotatable bonds is 4. The fourth-order valence-electron chi connectivity index (χ4n) is 4.78. The lowest BCUT2D eigenvalue weighted by atomic mass is 9.78. The molecule has 3 nitrogen and oxygen atoms in total. The van der Waals surface area contributed by atoms with Crippen molar-refractivity contribution in [2.75, 3.05) is 6.54 Å². The topological polar surface area (TPSA) is 55.1 Å². The zero-order chi connectivity index (χ0) is 12.9. The number of nitrogens with one attached hydrogen (secondary N) is 1. The highest BCUT2D eigenvalue weighted by atomic mass is 16.1. The van der Waals surface area contributed by atoms with Crippen LogP contribution in [0.3, 0.4) is 0 Å². The first-order valence-corrected chi connectivity index (χ1v) is 7.52. The summed E-state index contributed by atoms with van der Waals surface area (Å²) in [6.45, 7) is 4.61. The summed E-state index contributed by atoms with van der Waals surface area (Å²) in [5.74, 6) is 3.68. The smallest absolute Gasteiger partial charge is 0.224 e. The SMILES string of the molecule is CC(C)(CNC1CC2CC1C1CCCC21)C(N)=O. The average Bonchev–Trinajstić information content (AvgIpc) is 2.98. The number of carbonyl (C=O) groups excluding carboxylic acids is 1. The van der Waals surface area contributed by atoms with Crippen molar-refractivity contribution in [1.82, 2.24) is 5.32 Å². The standard InChI is InChI=1S/C15H26N2O/c1-15(2,14(16)18)8-17-13-7-9-6-12(13)11-5-3-4-10(9)11/h9-13,17H,3-8H2,1-2H3,(H2,16,18). The van der Waals surface area contributed by atoms with Crippen LogP contribution in [-0.4, -0.2) is 18.5 Å². The number of carbonyl (C=O) groups is 1. The van der Waals surface area contributed by atoms with Crippen LogP contribution in [0.1, 0.15) is 46.0 Å². The third-order valence-corrected chi connectivity index (χ3v) is 5.90. The molecule has 0 aliphatic heterocycles. The molecule has 18 heavy (non-hydrogen) atoms. The molecule has 0 radical (unpaired) electrons. The van der Waals surface area contributed by atoms with Gasteiger partial charge in [0.1, 0.15) is 0 Å². The van der Waals surface area contributed by atoms with Gasteiger partial charge in [-0.15, -0.1) is 0 Å². The molecule has 0 heterocycles. The Kier molecular flexibility index (Phi) is 2.92. The molecule has 2 bridgehead atoms. The van der Waals surface area contributed by atoms with Crippen molar-refractivity contribution < 1.29 is 4.79 Å². The van der Waals surface area contributed by atoms with Crippen LogP contribution in [0.4, 0.5) is 0 Å². The lowest BCUT2D eigenvalue weighted by Crippen LogP contribution is -2.47. The summed E-state index contributed by atoms with van der Waals surface area (Å²) in [4.78, 5) is 11.4. The summed E-state index contributed by atoms with van der Waals surface area (Å²) in [5, 5.41) is 3.65. The summed E-state index contributed by atoms with van der Waals surface area (Å²) < 4.78 is 0. The Labute approximate surface area is 110 Å². The fourth-order valence-corrected chi connectivity index (χ4v) is 4.78. The molecule has 0 aromatic heterocycles. The van der Waals surface area contributed by atoms with Crippen LogP contribution >= 0.6 is 0 Å². The van der Waals surface area contributed by atoms with E-state index in [9.17, 15) is 4.79 Å². The molecule has 3 rings (SSSR count). The van der Waals surface area contributed by atoms with E-state index in [-0.39, 0.29) is 5.91 Å². The van der Waals surface area contributed by atoms with E-state index in [0.717, 1.165) is 30.2 Å². The zero-order valence-corrected chi connectivity index (χ0v) is 11.6. The van der Waals surface area contributed by atoms with Crippen molar-refractivity contribution in [1.29, 1.82) is 0 Å². The Morgan fingerprint density at radius 3 is 2.67 bits per heavy atom. The molecule has 5 atom stereocenters. The number of primary amides is 1. The van der Waals surface area contributed by atoms with Crippen molar-refractivity contribution >= 4 is 5.91 Å². The Morgan fingerprint density at radius 1 is 1.22 bits per heavy atom. The van der Waals surface area contributed by atoms with Crippen LogP contribution < -0.4 is 11.1 Å². The number of hydrogen-bond acceptors (Lipinski definition) is 2. The van der Waals surface area contributed by atoms with Gasteiger partial charge in [-0.2, -0.15) is 0 Å². The molecular formula is C15H26N2O. The van der Waals surface area contributed by atoms with Crippen molar-refractivity contribution in [3.8, 4) is 0 Å². The minimum atomic E-state index is -0.420. The predicted octanol–water partition coefficient (Wildman–Crippen LogP) is 1.91. The summed E-state index contributed by atoms with van der Waals surface area (Å²) in [6, 6.07) is 0.646. The van der Waals surface area contributed by atoms with Crippen LogP contribution in [0, 0.1) is 29.1 Å². The van der Waals surface area contributed by atoms with Gasteiger partial charge in [-0.1, -0.05) is 6.42 Å². The molecule has 3 saturated carbocycles. The highest BCUT2D eigenvalue weighted by Crippen LogP contribution is 2.58. The average molecular weight is 250 g/mol. The van der Waals surface area contributed by atoms with E-state index in [4.69, 9.17) is 5.73 Å². The van der Waals surface area contributed by atoms with Gasteiger partial charge in [0.05, 0.1) is 5.41 Å². The number of amides is 1. The van der Waals surface area contributed by atoms with Gasteiger partial charge in [0, 0.05) is 12.6 Å². The lowest BCUT2D eigenvalue weighted by molar-refractivity contribution is -0.125. The summed E-state index contributed by atoms with van der Waals surface area (Å²) in [6.07, 6.45) is 7.14. The monoisotopic (exact) mass is 250 g/mol. The van der Waals surface area contributed by atoms with E-state index in [1.165, 1.54) is 32.1 Å². The molecule has 0 aromatic carbocycles. The van der Waals surface area contributed by atoms with Gasteiger partial charge < -0.3 is 11.1 Å². The first-order valence-electron chi connectivity index (χ1n) is 7.52. The summed E-state index contributed by atoms with van der Waals surface area (Å²) >= 11 is 0. The molecule has 3 N–H and O–H groups in total. The Morgan fingerprint density at radius 2 is 1.94 bits per heavy atom. The normalized spacial score (nSPS) is 42.2. The molecule has 3 heteroatoms. The highest BCUT2D eigenvalue weighted by Gasteiger charge is 2.53. The van der Waals surface area contributed by atoms with E-state index >= 15 is 0 Å². The zero-order valence-electron chi connectivity index (χ0n) is 11.6. The molecule has 0 spiro atoms. The van der Waals surface area contributed by atoms with Gasteiger partial charge in [0.15, 0.2) is 0 Å². The fraction of sp³-hybridized carbons (Fsp3) is 0.933. The first kappa shape index (κ1) is 12.5. The Hall–Kier alpha value is -0.570. The van der Waals surface area contributed by atoms with Crippen molar-refractivity contribution in [3.63, 3.8) is 0 Å². The second-order valence-electron chi connectivity index (χ2n) is 7.39. The van der Waals surface area contributed by atoms with Crippen LogP contribution in [0.15, 0.2) is 0 Å². The Balaban J connectivity index is 1.58. The molecule has 102 valence electrons. The molecule has 0 aromatic rings. The van der Waals surface area contributed by atoms with Crippen LogP contribution in [-0.2, 0) is 4.79 Å².